The minimum absolute atomic E-state index is 0.151. The maximum absolute atomic E-state index is 13.4. The summed E-state index contributed by atoms with van der Waals surface area (Å²) in [4.78, 5) is 51.9. The number of amides is 2. The van der Waals surface area contributed by atoms with E-state index in [1.807, 2.05) is 54.6 Å². The van der Waals surface area contributed by atoms with Crippen molar-refractivity contribution < 1.29 is 24.3 Å². The van der Waals surface area contributed by atoms with Crippen molar-refractivity contribution in [3.05, 3.63) is 71.3 Å². The maximum atomic E-state index is 13.4. The van der Waals surface area contributed by atoms with Crippen molar-refractivity contribution >= 4 is 34.7 Å². The van der Waals surface area contributed by atoms with Gasteiger partial charge in [0.25, 0.3) is 0 Å². The number of thioether (sulfide) groups is 1. The summed E-state index contributed by atoms with van der Waals surface area (Å²) in [5.74, 6) is -1.53. The van der Waals surface area contributed by atoms with Gasteiger partial charge in [-0.15, -0.1) is 0 Å². The summed E-state index contributed by atoms with van der Waals surface area (Å²) >= 11 is 0.991. The predicted molar refractivity (Wildman–Crippen MR) is 129 cm³/mol. The van der Waals surface area contributed by atoms with Gasteiger partial charge >= 0.3 is 5.97 Å². The lowest BCUT2D eigenvalue weighted by atomic mass is 9.85. The Morgan fingerprint density at radius 3 is 2.47 bits per heavy atom. The summed E-state index contributed by atoms with van der Waals surface area (Å²) < 4.78 is 0. The van der Waals surface area contributed by atoms with E-state index in [4.69, 9.17) is 0 Å². The number of piperidine rings is 1. The number of carboxylic acid groups (broad SMARTS) is 1. The number of hydrogen-bond acceptors (Lipinski definition) is 5. The van der Waals surface area contributed by atoms with Gasteiger partial charge in [-0.1, -0.05) is 66.4 Å². The van der Waals surface area contributed by atoms with Crippen LogP contribution in [0.15, 0.2) is 54.6 Å². The summed E-state index contributed by atoms with van der Waals surface area (Å²) in [6.07, 6.45) is 1.84. The van der Waals surface area contributed by atoms with Gasteiger partial charge in [-0.2, -0.15) is 0 Å². The standard InChI is InChI=1S/C26H28N2O5S/c1-16(29)34-22(15-17-7-3-2-4-8-17)25(31)27-20-12-13-21(26(32)33)28-23(30)14-11-18-9-5-6-10-19(18)24(20)28/h2-10,20-22,24H,11-15H2,1H3,(H,27,31)(H,32,33)/t20?,21?,22-,24?/m0/s1. The van der Waals surface area contributed by atoms with Crippen LogP contribution in [0.3, 0.4) is 0 Å². The third-order valence-electron chi connectivity index (χ3n) is 6.51. The van der Waals surface area contributed by atoms with Gasteiger partial charge in [-0.25, -0.2) is 4.79 Å². The van der Waals surface area contributed by atoms with Crippen molar-refractivity contribution in [2.24, 2.45) is 0 Å². The van der Waals surface area contributed by atoms with Crippen LogP contribution in [-0.4, -0.2) is 50.2 Å². The first kappa shape index (κ1) is 24.0. The molecule has 8 heteroatoms. The summed E-state index contributed by atoms with van der Waals surface area (Å²) in [6, 6.07) is 15.2. The molecule has 2 N–H and O–H groups in total. The lowest BCUT2D eigenvalue weighted by molar-refractivity contribution is -0.156. The molecule has 2 amide bonds. The van der Waals surface area contributed by atoms with Gasteiger partial charge in [-0.05, 0) is 42.4 Å². The predicted octanol–water partition coefficient (Wildman–Crippen LogP) is 3.13. The molecule has 2 aliphatic heterocycles. The van der Waals surface area contributed by atoms with Gasteiger partial charge < -0.3 is 15.3 Å². The van der Waals surface area contributed by atoms with Crippen molar-refractivity contribution in [2.45, 2.75) is 62.4 Å². The number of carboxylic acids is 1. The number of nitrogens with one attached hydrogen (secondary N) is 1. The van der Waals surface area contributed by atoms with E-state index in [9.17, 15) is 24.3 Å². The van der Waals surface area contributed by atoms with E-state index in [1.165, 1.54) is 11.8 Å². The molecule has 34 heavy (non-hydrogen) atoms. The zero-order chi connectivity index (χ0) is 24.2. The molecule has 0 bridgehead atoms. The highest BCUT2D eigenvalue weighted by molar-refractivity contribution is 8.14. The fraction of sp³-hybridized carbons (Fsp3) is 0.385. The fourth-order valence-corrected chi connectivity index (χ4v) is 5.88. The molecule has 4 atom stereocenters. The molecular formula is C26H28N2O5S. The van der Waals surface area contributed by atoms with E-state index in [0.29, 0.717) is 19.3 Å². The summed E-state index contributed by atoms with van der Waals surface area (Å²) in [5, 5.41) is 12.2. The highest BCUT2D eigenvalue weighted by atomic mass is 32.2. The van der Waals surface area contributed by atoms with Gasteiger partial charge in [0.1, 0.15) is 6.04 Å². The van der Waals surface area contributed by atoms with Crippen molar-refractivity contribution in [3.8, 4) is 0 Å². The molecule has 178 valence electrons. The third kappa shape index (κ3) is 5.17. The Kier molecular flexibility index (Phi) is 7.36. The number of benzene rings is 2. The minimum Gasteiger partial charge on any atom is -0.480 e. The van der Waals surface area contributed by atoms with Crippen molar-refractivity contribution in [3.63, 3.8) is 0 Å². The Hall–Kier alpha value is -3.13. The van der Waals surface area contributed by atoms with Crippen LogP contribution in [0.5, 0.6) is 0 Å². The number of aliphatic carboxylic acids is 1. The van der Waals surface area contributed by atoms with Crippen LogP contribution in [0.25, 0.3) is 0 Å². The number of carbonyl (C=O) groups excluding carboxylic acids is 3. The van der Waals surface area contributed by atoms with Gasteiger partial charge in [0.15, 0.2) is 5.12 Å². The Bertz CT molecular complexity index is 1090. The number of nitrogens with zero attached hydrogens (tertiary/aromatic N) is 1. The molecule has 7 nitrogen and oxygen atoms in total. The van der Waals surface area contributed by atoms with Crippen LogP contribution >= 0.6 is 11.8 Å². The second kappa shape index (κ2) is 10.4. The molecule has 0 aliphatic carbocycles. The molecule has 0 saturated carbocycles. The van der Waals surface area contributed by atoms with E-state index < -0.39 is 29.3 Å². The van der Waals surface area contributed by atoms with Crippen molar-refractivity contribution in [1.29, 1.82) is 0 Å². The Balaban J connectivity index is 1.64. The van der Waals surface area contributed by atoms with Crippen LogP contribution in [0.1, 0.15) is 48.9 Å². The van der Waals surface area contributed by atoms with Gasteiger partial charge in [-0.3, -0.25) is 14.4 Å². The first-order valence-corrected chi connectivity index (χ1v) is 12.4. The molecule has 4 rings (SSSR count). The smallest absolute Gasteiger partial charge is 0.326 e. The average molecular weight is 481 g/mol. The lowest BCUT2D eigenvalue weighted by Crippen LogP contribution is -2.58. The number of rotatable bonds is 6. The Morgan fingerprint density at radius 2 is 1.76 bits per heavy atom. The first-order chi connectivity index (χ1) is 16.3. The van der Waals surface area contributed by atoms with Crippen LogP contribution in [0, 0.1) is 0 Å². The molecule has 1 saturated heterocycles. The summed E-state index contributed by atoms with van der Waals surface area (Å²) in [5.41, 5.74) is 2.82. The third-order valence-corrected chi connectivity index (χ3v) is 7.51. The highest BCUT2D eigenvalue weighted by Gasteiger charge is 2.46. The molecule has 0 radical (unpaired) electrons. The van der Waals surface area contributed by atoms with Crippen LogP contribution in [0.2, 0.25) is 0 Å². The van der Waals surface area contributed by atoms with Crippen LogP contribution in [0.4, 0.5) is 0 Å². The average Bonchev–Trinajstić information content (AvgIpc) is 2.96. The largest absolute Gasteiger partial charge is 0.480 e. The molecule has 0 spiro atoms. The molecule has 2 aliphatic rings. The minimum atomic E-state index is -1.03. The number of fused-ring (bicyclic) bond motifs is 3. The Labute approximate surface area is 202 Å². The molecule has 0 aromatic heterocycles. The molecule has 2 heterocycles. The maximum Gasteiger partial charge on any atom is 0.326 e. The normalized spacial score (nSPS) is 22.7. The first-order valence-electron chi connectivity index (χ1n) is 11.5. The van der Waals surface area contributed by atoms with E-state index in [1.54, 1.807) is 0 Å². The second-order valence-corrected chi connectivity index (χ2v) is 10.2. The zero-order valence-electron chi connectivity index (χ0n) is 19.0. The van der Waals surface area contributed by atoms with Crippen LogP contribution in [-0.2, 0) is 32.0 Å². The van der Waals surface area contributed by atoms with Gasteiger partial charge in [0.2, 0.25) is 11.8 Å². The van der Waals surface area contributed by atoms with E-state index in [0.717, 1.165) is 28.5 Å². The van der Waals surface area contributed by atoms with Gasteiger partial charge in [0, 0.05) is 13.3 Å². The van der Waals surface area contributed by atoms with Crippen molar-refractivity contribution in [2.75, 3.05) is 0 Å². The van der Waals surface area contributed by atoms with E-state index >= 15 is 0 Å². The number of aryl methyl sites for hydroxylation is 1. The highest BCUT2D eigenvalue weighted by Crippen LogP contribution is 2.39. The molecule has 2 aromatic rings. The summed E-state index contributed by atoms with van der Waals surface area (Å²) in [7, 11) is 0. The Morgan fingerprint density at radius 1 is 1.06 bits per heavy atom. The monoisotopic (exact) mass is 480 g/mol. The zero-order valence-corrected chi connectivity index (χ0v) is 19.8. The number of carbonyl (C=O) groups is 4. The molecule has 2 aromatic carbocycles. The lowest BCUT2D eigenvalue weighted by Gasteiger charge is -2.45. The molecule has 1 fully saturated rings. The van der Waals surface area contributed by atoms with Crippen molar-refractivity contribution in [1.82, 2.24) is 10.2 Å². The topological polar surface area (TPSA) is 104 Å². The SMILES string of the molecule is CC(=O)S[C@@H](Cc1ccccc1)C(=O)NC1CCC(C(=O)O)N2C(=O)CCc3ccccc3C12. The quantitative estimate of drug-likeness (QED) is 0.659. The molecular weight excluding hydrogens is 452 g/mol. The van der Waals surface area contributed by atoms with Crippen LogP contribution < -0.4 is 5.32 Å². The summed E-state index contributed by atoms with van der Waals surface area (Å²) in [6.45, 7) is 1.44. The fourth-order valence-electron chi connectivity index (χ4n) is 5.02. The molecule has 3 unspecified atom stereocenters. The number of hydrogen-bond donors (Lipinski definition) is 2. The van der Waals surface area contributed by atoms with E-state index in [2.05, 4.69) is 5.32 Å². The van der Waals surface area contributed by atoms with Gasteiger partial charge in [0.05, 0.1) is 17.3 Å². The van der Waals surface area contributed by atoms with E-state index in [-0.39, 0.29) is 29.8 Å². The second-order valence-electron chi connectivity index (χ2n) is 8.78.